The molecule has 0 saturated heterocycles. The molecule has 0 N–H and O–H groups in total. The van der Waals surface area contributed by atoms with Crippen LogP contribution in [-0.4, -0.2) is 7.85 Å². The Morgan fingerprint density at radius 2 is 1.25 bits per heavy atom. The summed E-state index contributed by atoms with van der Waals surface area (Å²) < 4.78 is 0. The van der Waals surface area contributed by atoms with Crippen LogP contribution in [-0.2, 0) is 0 Å². The maximum absolute atomic E-state index is 2.33. The molecule has 2 heteroatoms. The summed E-state index contributed by atoms with van der Waals surface area (Å²) in [6.07, 6.45) is 0. The number of fused-ring (bicyclic) bond motifs is 1. The van der Waals surface area contributed by atoms with E-state index in [1.54, 1.807) is 0 Å². The molecule has 0 heterocycles. The molecule has 0 spiro atoms. The zero-order valence-corrected chi connectivity index (χ0v) is 13.7. The van der Waals surface area contributed by atoms with Gasteiger partial charge in [-0.1, -0.05) is 72.2 Å². The summed E-state index contributed by atoms with van der Waals surface area (Å²) in [5.41, 5.74) is 4.80. The van der Waals surface area contributed by atoms with Gasteiger partial charge in [-0.3, -0.25) is 0 Å². The van der Waals surface area contributed by atoms with Crippen molar-refractivity contribution in [2.45, 2.75) is 0 Å². The lowest BCUT2D eigenvalue weighted by Crippen LogP contribution is -2.13. The van der Waals surface area contributed by atoms with Crippen LogP contribution in [0.2, 0.25) is 0 Å². The molecule has 4 aromatic carbocycles. The van der Waals surface area contributed by atoms with Gasteiger partial charge in [0.05, 0.1) is 5.69 Å². The molecule has 0 unspecified atom stereocenters. The topological polar surface area (TPSA) is 3.24 Å². The van der Waals surface area contributed by atoms with Crippen LogP contribution in [0.15, 0.2) is 97.1 Å². The molecule has 114 valence electrons. The first-order valence-electron chi connectivity index (χ1n) is 8.22. The van der Waals surface area contributed by atoms with Crippen LogP contribution in [0.4, 0.5) is 17.1 Å². The van der Waals surface area contributed by atoms with Crippen LogP contribution >= 0.6 is 0 Å². The molecule has 0 atom stereocenters. The Hall–Kier alpha value is -3.00. The van der Waals surface area contributed by atoms with Crippen LogP contribution < -0.4 is 10.4 Å². The van der Waals surface area contributed by atoms with E-state index in [1.807, 2.05) is 0 Å². The lowest BCUT2D eigenvalue weighted by Gasteiger charge is -2.27. The third-order valence-electron chi connectivity index (χ3n) is 4.28. The van der Waals surface area contributed by atoms with Crippen molar-refractivity contribution in [3.63, 3.8) is 0 Å². The molecule has 0 radical (unpaired) electrons. The van der Waals surface area contributed by atoms with Crippen molar-refractivity contribution in [3.8, 4) is 0 Å². The number of nitrogens with zero attached hydrogens (tertiary/aromatic N) is 1. The van der Waals surface area contributed by atoms with E-state index in [0.717, 1.165) is 0 Å². The quantitative estimate of drug-likeness (QED) is 0.501. The van der Waals surface area contributed by atoms with Crippen molar-refractivity contribution in [1.82, 2.24) is 0 Å². The minimum absolute atomic E-state index is 1.17. The second-order valence-electron chi connectivity index (χ2n) is 6.01. The van der Waals surface area contributed by atoms with E-state index in [4.69, 9.17) is 0 Å². The van der Waals surface area contributed by atoms with Crippen LogP contribution in [0, 0.1) is 0 Å². The summed E-state index contributed by atoms with van der Waals surface area (Å²) in [5, 5.41) is 2.51. The van der Waals surface area contributed by atoms with Crippen LogP contribution in [0.1, 0.15) is 0 Å². The maximum atomic E-state index is 2.33. The number of hydrogen-bond acceptors (Lipinski definition) is 1. The van der Waals surface area contributed by atoms with Gasteiger partial charge in [0.25, 0.3) is 0 Å². The Balaban J connectivity index is 1.99. The largest absolute Gasteiger partial charge is 0.310 e. The summed E-state index contributed by atoms with van der Waals surface area (Å²) >= 11 is 0. The van der Waals surface area contributed by atoms with Gasteiger partial charge < -0.3 is 4.90 Å². The second kappa shape index (κ2) is 6.25. The molecule has 0 amide bonds. The van der Waals surface area contributed by atoms with E-state index in [9.17, 15) is 0 Å². The monoisotopic (exact) mass is 307 g/mol. The number of rotatable bonds is 3. The van der Waals surface area contributed by atoms with Gasteiger partial charge in [0.15, 0.2) is 0 Å². The smallest absolute Gasteiger partial charge is 0.139 e. The average Bonchev–Trinajstić information content (AvgIpc) is 2.63. The molecule has 0 saturated carbocycles. The fraction of sp³-hybridized carbons (Fsp3) is 0. The lowest BCUT2D eigenvalue weighted by molar-refractivity contribution is 1.30. The second-order valence-corrected chi connectivity index (χ2v) is 6.01. The van der Waals surface area contributed by atoms with Crippen molar-refractivity contribution in [3.05, 3.63) is 97.1 Å². The fourth-order valence-electron chi connectivity index (χ4n) is 3.17. The van der Waals surface area contributed by atoms with Crippen molar-refractivity contribution in [2.75, 3.05) is 4.90 Å². The van der Waals surface area contributed by atoms with Gasteiger partial charge in [-0.15, -0.1) is 0 Å². The molecular formula is C22H18BN. The van der Waals surface area contributed by atoms with Gasteiger partial charge in [0, 0.05) is 16.8 Å². The number of anilines is 3. The van der Waals surface area contributed by atoms with Gasteiger partial charge >= 0.3 is 0 Å². The third-order valence-corrected chi connectivity index (χ3v) is 4.28. The summed E-state index contributed by atoms with van der Waals surface area (Å²) in [7, 11) is 2.13. The molecule has 4 aromatic rings. The molecule has 4 rings (SSSR count). The van der Waals surface area contributed by atoms with Crippen molar-refractivity contribution in [1.29, 1.82) is 0 Å². The highest BCUT2D eigenvalue weighted by atomic mass is 15.1. The molecule has 0 bridgehead atoms. The third kappa shape index (κ3) is 2.67. The zero-order chi connectivity index (χ0) is 16.4. The first kappa shape index (κ1) is 14.6. The minimum Gasteiger partial charge on any atom is -0.310 e. The number of hydrogen-bond donors (Lipinski definition) is 0. The first-order chi connectivity index (χ1) is 11.8. The zero-order valence-electron chi connectivity index (χ0n) is 13.7. The number of benzene rings is 4. The maximum Gasteiger partial charge on any atom is 0.139 e. The summed E-state index contributed by atoms with van der Waals surface area (Å²) in [6, 6.07) is 34.2. The normalized spacial score (nSPS) is 10.7. The Morgan fingerprint density at radius 1 is 0.583 bits per heavy atom. The molecule has 0 aliphatic heterocycles. The highest BCUT2D eigenvalue weighted by Gasteiger charge is 2.14. The van der Waals surface area contributed by atoms with Gasteiger partial charge in [-0.2, -0.15) is 0 Å². The Kier molecular flexibility index (Phi) is 3.80. The van der Waals surface area contributed by atoms with E-state index < -0.39 is 0 Å². The fourth-order valence-corrected chi connectivity index (χ4v) is 3.17. The summed E-state index contributed by atoms with van der Waals surface area (Å²) in [6.45, 7) is 0. The van der Waals surface area contributed by atoms with Crippen molar-refractivity contribution in [2.24, 2.45) is 0 Å². The molecular weight excluding hydrogens is 289 g/mol. The predicted molar refractivity (Wildman–Crippen MR) is 107 cm³/mol. The summed E-state index contributed by atoms with van der Waals surface area (Å²) in [5.74, 6) is 0. The lowest BCUT2D eigenvalue weighted by atomic mass is 9.95. The van der Waals surface area contributed by atoms with Gasteiger partial charge in [0.1, 0.15) is 7.85 Å². The molecule has 0 aliphatic carbocycles. The highest BCUT2D eigenvalue weighted by molar-refractivity contribution is 6.32. The standard InChI is InChI=1S/C22H18BN/c23-18-10-7-13-20(16-18)24(19-11-2-1-3-12-19)22-15-6-9-17-8-4-5-14-21(17)22/h1-16H,23H2. The Bertz CT molecular complexity index is 974. The van der Waals surface area contributed by atoms with E-state index in [1.165, 1.54) is 33.3 Å². The molecule has 0 aliphatic rings. The molecule has 0 fully saturated rings. The molecule has 0 aromatic heterocycles. The Morgan fingerprint density at radius 3 is 2.08 bits per heavy atom. The highest BCUT2D eigenvalue weighted by Crippen LogP contribution is 2.37. The van der Waals surface area contributed by atoms with Gasteiger partial charge in [-0.25, -0.2) is 0 Å². The van der Waals surface area contributed by atoms with Crippen LogP contribution in [0.3, 0.4) is 0 Å². The SMILES string of the molecule is Bc1cccc(N(c2ccccc2)c2cccc3ccccc23)c1. The van der Waals surface area contributed by atoms with E-state index in [0.29, 0.717) is 0 Å². The first-order valence-corrected chi connectivity index (χ1v) is 8.22. The average molecular weight is 307 g/mol. The minimum atomic E-state index is 1.17. The van der Waals surface area contributed by atoms with Crippen molar-refractivity contribution < 1.29 is 0 Å². The van der Waals surface area contributed by atoms with Crippen LogP contribution in [0.25, 0.3) is 10.8 Å². The Labute approximate surface area is 143 Å². The van der Waals surface area contributed by atoms with Gasteiger partial charge in [0.2, 0.25) is 0 Å². The predicted octanol–water partition coefficient (Wildman–Crippen LogP) is 4.57. The van der Waals surface area contributed by atoms with E-state index >= 15 is 0 Å². The number of para-hydroxylation sites is 1. The molecule has 1 nitrogen and oxygen atoms in total. The van der Waals surface area contributed by atoms with E-state index in [-0.39, 0.29) is 0 Å². The summed E-state index contributed by atoms with van der Waals surface area (Å²) in [4.78, 5) is 2.33. The molecule has 24 heavy (non-hydrogen) atoms. The van der Waals surface area contributed by atoms with Crippen molar-refractivity contribution >= 4 is 41.1 Å². The van der Waals surface area contributed by atoms with E-state index in [2.05, 4.69) is 110 Å². The van der Waals surface area contributed by atoms with Crippen LogP contribution in [0.5, 0.6) is 0 Å². The van der Waals surface area contributed by atoms with Gasteiger partial charge in [-0.05, 0) is 35.7 Å².